The van der Waals surface area contributed by atoms with Crippen LogP contribution in [0.25, 0.3) is 60.2 Å². The van der Waals surface area contributed by atoms with Crippen molar-refractivity contribution < 1.29 is 0 Å². The van der Waals surface area contributed by atoms with E-state index in [0.29, 0.717) is 0 Å². The van der Waals surface area contributed by atoms with E-state index in [2.05, 4.69) is 162 Å². The Morgan fingerprint density at radius 1 is 0.400 bits per heavy atom. The molecule has 188 valence electrons. The molecule has 0 spiro atoms. The maximum absolute atomic E-state index is 3.76. The molecular weight excluding hydrogens is 484 g/mol. The van der Waals surface area contributed by atoms with Crippen molar-refractivity contribution in [3.63, 3.8) is 0 Å². The number of nitrogens with one attached hydrogen (secondary N) is 1. The largest absolute Gasteiger partial charge is 0.355 e. The minimum Gasteiger partial charge on any atom is -0.355 e. The second kappa shape index (κ2) is 9.14. The van der Waals surface area contributed by atoms with Crippen molar-refractivity contribution in [1.29, 1.82) is 0 Å². The van der Waals surface area contributed by atoms with E-state index in [1.165, 1.54) is 60.2 Å². The lowest BCUT2D eigenvalue weighted by Gasteiger charge is -2.15. The highest BCUT2D eigenvalue weighted by molar-refractivity contribution is 6.12. The summed E-state index contributed by atoms with van der Waals surface area (Å²) < 4.78 is 2.35. The van der Waals surface area contributed by atoms with Crippen LogP contribution < -0.4 is 5.32 Å². The van der Waals surface area contributed by atoms with Gasteiger partial charge >= 0.3 is 0 Å². The van der Waals surface area contributed by atoms with Crippen LogP contribution in [0.4, 0.5) is 11.4 Å². The molecule has 0 aliphatic heterocycles. The van der Waals surface area contributed by atoms with Crippen LogP contribution in [0.5, 0.6) is 0 Å². The SMILES string of the molecule is c1ccc(-n2c3ccccc3c3cc(Nc4ccc(-c5cccc6ccccc56)c5ccccc45)ccc32)cc1. The molecule has 2 nitrogen and oxygen atoms in total. The summed E-state index contributed by atoms with van der Waals surface area (Å²) in [7, 11) is 0. The number of hydrogen-bond donors (Lipinski definition) is 1. The molecule has 0 atom stereocenters. The third-order valence-electron chi connectivity index (χ3n) is 7.97. The normalized spacial score (nSPS) is 11.5. The molecule has 0 saturated heterocycles. The van der Waals surface area contributed by atoms with Crippen molar-refractivity contribution in [2.24, 2.45) is 0 Å². The molecule has 0 aliphatic carbocycles. The Morgan fingerprint density at radius 2 is 1.05 bits per heavy atom. The van der Waals surface area contributed by atoms with E-state index in [1.54, 1.807) is 0 Å². The Hall–Kier alpha value is -5.34. The van der Waals surface area contributed by atoms with E-state index in [1.807, 2.05) is 0 Å². The molecule has 0 aliphatic rings. The first-order chi connectivity index (χ1) is 19.8. The Bertz CT molecular complexity index is 2180. The van der Waals surface area contributed by atoms with E-state index in [9.17, 15) is 0 Å². The van der Waals surface area contributed by atoms with Gasteiger partial charge in [-0.2, -0.15) is 0 Å². The molecule has 40 heavy (non-hydrogen) atoms. The number of anilines is 2. The third-order valence-corrected chi connectivity index (χ3v) is 7.97. The number of rotatable bonds is 4. The highest BCUT2D eigenvalue weighted by Gasteiger charge is 2.14. The molecule has 0 unspecified atom stereocenters. The Kier molecular flexibility index (Phi) is 5.17. The maximum atomic E-state index is 3.76. The average Bonchev–Trinajstić information content (AvgIpc) is 3.35. The Balaban J connectivity index is 1.26. The lowest BCUT2D eigenvalue weighted by molar-refractivity contribution is 1.18. The van der Waals surface area contributed by atoms with Crippen LogP contribution in [0.2, 0.25) is 0 Å². The predicted molar refractivity (Wildman–Crippen MR) is 171 cm³/mol. The summed E-state index contributed by atoms with van der Waals surface area (Å²) in [5.41, 5.74) is 8.27. The molecule has 0 amide bonds. The van der Waals surface area contributed by atoms with Crippen molar-refractivity contribution in [2.45, 2.75) is 0 Å². The van der Waals surface area contributed by atoms with Crippen LogP contribution in [0.1, 0.15) is 0 Å². The number of nitrogens with zero attached hydrogens (tertiary/aromatic N) is 1. The molecule has 8 rings (SSSR count). The highest BCUT2D eigenvalue weighted by Crippen LogP contribution is 2.39. The summed E-state index contributed by atoms with van der Waals surface area (Å²) in [6, 6.07) is 54.3. The summed E-state index contributed by atoms with van der Waals surface area (Å²) >= 11 is 0. The van der Waals surface area contributed by atoms with Gasteiger partial charge in [-0.05, 0) is 69.8 Å². The molecule has 1 N–H and O–H groups in total. The number of aromatic nitrogens is 1. The Labute approximate surface area is 232 Å². The molecule has 0 fully saturated rings. The standard InChI is InChI=1S/C38H26N2/c1-2-13-28(14-3-1)40-37-20-9-8-18-34(37)35-25-27(21-24-38(35)40)39-36-23-22-32(31-16-6-7-17-33(31)36)30-19-10-12-26-11-4-5-15-29(26)30/h1-25,39H. The van der Waals surface area contributed by atoms with Crippen LogP contribution in [0.15, 0.2) is 152 Å². The molecule has 0 bridgehead atoms. The second-order valence-corrected chi connectivity index (χ2v) is 10.3. The molecule has 2 heteroatoms. The minimum absolute atomic E-state index is 1.08. The third kappa shape index (κ3) is 3.58. The molecule has 1 aromatic heterocycles. The minimum atomic E-state index is 1.08. The Morgan fingerprint density at radius 3 is 1.93 bits per heavy atom. The first-order valence-electron chi connectivity index (χ1n) is 13.7. The van der Waals surface area contributed by atoms with Crippen molar-refractivity contribution in [3.8, 4) is 16.8 Å². The second-order valence-electron chi connectivity index (χ2n) is 10.3. The lowest BCUT2D eigenvalue weighted by atomic mass is 9.93. The first-order valence-corrected chi connectivity index (χ1v) is 13.7. The van der Waals surface area contributed by atoms with E-state index in [-0.39, 0.29) is 0 Å². The van der Waals surface area contributed by atoms with Crippen LogP contribution in [-0.2, 0) is 0 Å². The topological polar surface area (TPSA) is 17.0 Å². The number of fused-ring (bicyclic) bond motifs is 5. The van der Waals surface area contributed by atoms with Gasteiger partial charge in [0.2, 0.25) is 0 Å². The van der Waals surface area contributed by atoms with E-state index < -0.39 is 0 Å². The van der Waals surface area contributed by atoms with Crippen molar-refractivity contribution in [1.82, 2.24) is 4.57 Å². The zero-order chi connectivity index (χ0) is 26.5. The van der Waals surface area contributed by atoms with Gasteiger partial charge in [-0.15, -0.1) is 0 Å². The molecule has 7 aromatic carbocycles. The van der Waals surface area contributed by atoms with E-state index in [0.717, 1.165) is 11.4 Å². The monoisotopic (exact) mass is 510 g/mol. The predicted octanol–water partition coefficient (Wildman–Crippen LogP) is 10.5. The van der Waals surface area contributed by atoms with Crippen LogP contribution in [-0.4, -0.2) is 4.57 Å². The van der Waals surface area contributed by atoms with Gasteiger partial charge in [-0.3, -0.25) is 0 Å². The fraction of sp³-hybridized carbons (Fsp3) is 0. The van der Waals surface area contributed by atoms with E-state index in [4.69, 9.17) is 0 Å². The van der Waals surface area contributed by atoms with Gasteiger partial charge in [-0.1, -0.05) is 109 Å². The average molecular weight is 511 g/mol. The molecule has 0 saturated carbocycles. The van der Waals surface area contributed by atoms with Crippen LogP contribution in [0.3, 0.4) is 0 Å². The highest BCUT2D eigenvalue weighted by atomic mass is 15.0. The van der Waals surface area contributed by atoms with Gasteiger partial charge in [0.25, 0.3) is 0 Å². The molecule has 1 heterocycles. The number of hydrogen-bond acceptors (Lipinski definition) is 1. The summed E-state index contributed by atoms with van der Waals surface area (Å²) in [5.74, 6) is 0. The summed E-state index contributed by atoms with van der Waals surface area (Å²) in [6.07, 6.45) is 0. The van der Waals surface area contributed by atoms with Crippen molar-refractivity contribution >= 4 is 54.7 Å². The van der Waals surface area contributed by atoms with Crippen molar-refractivity contribution in [3.05, 3.63) is 152 Å². The quantitative estimate of drug-likeness (QED) is 0.249. The fourth-order valence-electron chi connectivity index (χ4n) is 6.16. The smallest absolute Gasteiger partial charge is 0.0542 e. The van der Waals surface area contributed by atoms with Crippen molar-refractivity contribution in [2.75, 3.05) is 5.32 Å². The van der Waals surface area contributed by atoms with Gasteiger partial charge in [-0.25, -0.2) is 0 Å². The number of benzene rings is 7. The van der Waals surface area contributed by atoms with Gasteiger partial charge in [0.15, 0.2) is 0 Å². The van der Waals surface area contributed by atoms with Gasteiger partial charge < -0.3 is 9.88 Å². The molecule has 0 radical (unpaired) electrons. The van der Waals surface area contributed by atoms with Crippen LogP contribution in [0, 0.1) is 0 Å². The molecule has 8 aromatic rings. The van der Waals surface area contributed by atoms with Gasteiger partial charge in [0, 0.05) is 33.2 Å². The summed E-state index contributed by atoms with van der Waals surface area (Å²) in [6.45, 7) is 0. The summed E-state index contributed by atoms with van der Waals surface area (Å²) in [5, 5.41) is 11.2. The summed E-state index contributed by atoms with van der Waals surface area (Å²) in [4.78, 5) is 0. The van der Waals surface area contributed by atoms with Gasteiger partial charge in [0.1, 0.15) is 0 Å². The first kappa shape index (κ1) is 22.6. The maximum Gasteiger partial charge on any atom is 0.0542 e. The van der Waals surface area contributed by atoms with Crippen LogP contribution >= 0.6 is 0 Å². The molecular formula is C38H26N2. The number of para-hydroxylation sites is 2. The lowest BCUT2D eigenvalue weighted by Crippen LogP contribution is -1.95. The zero-order valence-electron chi connectivity index (χ0n) is 21.9. The zero-order valence-corrected chi connectivity index (χ0v) is 21.9. The van der Waals surface area contributed by atoms with Gasteiger partial charge in [0.05, 0.1) is 11.0 Å². The fourth-order valence-corrected chi connectivity index (χ4v) is 6.16. The van der Waals surface area contributed by atoms with E-state index >= 15 is 0 Å².